The van der Waals surface area contributed by atoms with Gasteiger partial charge >= 0.3 is 0 Å². The molecule has 1 unspecified atom stereocenters. The molecule has 20 heavy (non-hydrogen) atoms. The van der Waals surface area contributed by atoms with Gasteiger partial charge in [-0.05, 0) is 24.6 Å². The van der Waals surface area contributed by atoms with E-state index in [1.165, 1.54) is 5.56 Å². The van der Waals surface area contributed by atoms with Crippen LogP contribution in [0.4, 0.5) is 0 Å². The van der Waals surface area contributed by atoms with Crippen LogP contribution in [0, 0.1) is 0 Å². The third-order valence-electron chi connectivity index (χ3n) is 3.24. The molecule has 4 nitrogen and oxygen atoms in total. The van der Waals surface area contributed by atoms with E-state index in [-0.39, 0.29) is 5.92 Å². The van der Waals surface area contributed by atoms with E-state index in [9.17, 15) is 0 Å². The van der Waals surface area contributed by atoms with Crippen molar-refractivity contribution in [2.45, 2.75) is 12.8 Å². The normalized spacial score (nSPS) is 17.9. The quantitative estimate of drug-likeness (QED) is 0.890. The number of rotatable bonds is 2. The predicted molar refractivity (Wildman–Crippen MR) is 78.9 cm³/mol. The molecule has 0 amide bonds. The first-order chi connectivity index (χ1) is 9.74. The fourth-order valence-corrected chi connectivity index (χ4v) is 2.01. The van der Waals surface area contributed by atoms with Gasteiger partial charge in [-0.2, -0.15) is 4.99 Å². The number of nitrogens with zero attached hydrogens (tertiary/aromatic N) is 2. The highest BCUT2D eigenvalue weighted by molar-refractivity contribution is 5.88. The largest absolute Gasteiger partial charge is 0.364 e. The van der Waals surface area contributed by atoms with Crippen LogP contribution < -0.4 is 16.0 Å². The van der Waals surface area contributed by atoms with Crippen molar-refractivity contribution in [2.75, 3.05) is 0 Å². The Morgan fingerprint density at radius 2 is 1.95 bits per heavy atom. The third kappa shape index (κ3) is 2.40. The zero-order valence-corrected chi connectivity index (χ0v) is 11.2. The minimum Gasteiger partial charge on any atom is -0.364 e. The van der Waals surface area contributed by atoms with E-state index in [1.54, 1.807) is 6.20 Å². The van der Waals surface area contributed by atoms with Gasteiger partial charge in [0.2, 0.25) is 5.90 Å². The van der Waals surface area contributed by atoms with E-state index in [0.717, 1.165) is 10.6 Å². The van der Waals surface area contributed by atoms with Crippen LogP contribution >= 0.6 is 0 Å². The molecule has 100 valence electrons. The van der Waals surface area contributed by atoms with Gasteiger partial charge in [0.1, 0.15) is 0 Å². The van der Waals surface area contributed by atoms with Crippen molar-refractivity contribution in [3.8, 4) is 0 Å². The number of hydroxylamine groups is 1. The van der Waals surface area contributed by atoms with E-state index in [0.29, 0.717) is 11.7 Å². The number of hydrogen-bond donors (Lipinski definition) is 1. The molecule has 1 aromatic heterocycles. The van der Waals surface area contributed by atoms with Crippen LogP contribution in [-0.4, -0.2) is 10.9 Å². The Kier molecular flexibility index (Phi) is 3.21. The number of benzene rings is 1. The summed E-state index contributed by atoms with van der Waals surface area (Å²) in [6.07, 6.45) is 1.73. The molecule has 0 saturated carbocycles. The summed E-state index contributed by atoms with van der Waals surface area (Å²) < 4.78 is 0. The van der Waals surface area contributed by atoms with Gasteiger partial charge in [-0.15, -0.1) is 0 Å². The van der Waals surface area contributed by atoms with Crippen molar-refractivity contribution < 1.29 is 4.84 Å². The molecular formula is C16H15N3O. The van der Waals surface area contributed by atoms with Gasteiger partial charge in [-0.25, -0.2) is 5.48 Å². The standard InChI is InChI=1S/C16H15N3O/c1-11-8-9-14(10-17-11)15-18-16(20-19-15)12(2)13-6-4-3-5-7-13/h3-10,12,19H,1H2,2H3. The molecule has 0 bridgehead atoms. The number of pyridine rings is 1. The predicted octanol–water partition coefficient (Wildman–Crippen LogP) is 1.29. The Bertz CT molecular complexity index is 730. The maximum Gasteiger partial charge on any atom is 0.231 e. The Hall–Kier alpha value is -2.62. The third-order valence-corrected chi connectivity index (χ3v) is 3.24. The Morgan fingerprint density at radius 3 is 2.65 bits per heavy atom. The van der Waals surface area contributed by atoms with Crippen molar-refractivity contribution in [1.82, 2.24) is 10.5 Å². The fourth-order valence-electron chi connectivity index (χ4n) is 2.01. The summed E-state index contributed by atoms with van der Waals surface area (Å²) in [5.41, 5.74) is 4.01. The summed E-state index contributed by atoms with van der Waals surface area (Å²) in [5.74, 6) is 1.43. The molecule has 0 spiro atoms. The van der Waals surface area contributed by atoms with Gasteiger partial charge in [-0.1, -0.05) is 36.9 Å². The Labute approximate surface area is 117 Å². The lowest BCUT2D eigenvalue weighted by Gasteiger charge is -2.09. The second-order valence-corrected chi connectivity index (χ2v) is 4.67. The summed E-state index contributed by atoms with van der Waals surface area (Å²) in [6, 6.07) is 13.9. The molecule has 1 N–H and O–H groups in total. The summed E-state index contributed by atoms with van der Waals surface area (Å²) in [4.78, 5) is 14.1. The zero-order chi connectivity index (χ0) is 13.9. The van der Waals surface area contributed by atoms with Crippen molar-refractivity contribution >= 4 is 18.3 Å². The van der Waals surface area contributed by atoms with Crippen LogP contribution in [0.15, 0.2) is 53.7 Å². The van der Waals surface area contributed by atoms with Crippen LogP contribution in [0.5, 0.6) is 0 Å². The molecule has 1 aliphatic rings. The van der Waals surface area contributed by atoms with Crippen molar-refractivity contribution in [3.05, 3.63) is 64.8 Å². The van der Waals surface area contributed by atoms with Gasteiger partial charge in [0, 0.05) is 11.4 Å². The molecule has 1 atom stereocenters. The van der Waals surface area contributed by atoms with Crippen molar-refractivity contribution in [2.24, 2.45) is 4.99 Å². The molecule has 1 aliphatic heterocycles. The first kappa shape index (κ1) is 12.4. The SMILES string of the molecule is C=c1ccc(=C2N=C(C(C)c3ccccc3)ON2)cn1. The number of aromatic nitrogens is 1. The lowest BCUT2D eigenvalue weighted by Crippen LogP contribution is -2.19. The van der Waals surface area contributed by atoms with Gasteiger partial charge in [0.15, 0.2) is 5.82 Å². The maximum absolute atomic E-state index is 5.49. The Balaban J connectivity index is 1.94. The first-order valence-electron chi connectivity index (χ1n) is 6.46. The summed E-state index contributed by atoms with van der Waals surface area (Å²) in [7, 11) is 0. The maximum atomic E-state index is 5.49. The van der Waals surface area contributed by atoms with Crippen LogP contribution in [-0.2, 0) is 4.84 Å². The molecule has 2 aromatic rings. The summed E-state index contributed by atoms with van der Waals surface area (Å²) in [6.45, 7) is 5.83. The molecule has 0 radical (unpaired) electrons. The van der Waals surface area contributed by atoms with Crippen LogP contribution in [0.25, 0.3) is 12.4 Å². The lowest BCUT2D eigenvalue weighted by atomic mass is 10.0. The molecule has 0 aliphatic carbocycles. The van der Waals surface area contributed by atoms with E-state index in [1.807, 2.05) is 30.3 Å². The highest BCUT2D eigenvalue weighted by Gasteiger charge is 2.21. The van der Waals surface area contributed by atoms with E-state index in [4.69, 9.17) is 4.84 Å². The van der Waals surface area contributed by atoms with E-state index < -0.39 is 0 Å². The highest BCUT2D eigenvalue weighted by atomic mass is 16.7. The second-order valence-electron chi connectivity index (χ2n) is 4.67. The molecular weight excluding hydrogens is 250 g/mol. The average Bonchev–Trinajstić information content (AvgIpc) is 2.98. The number of nitrogens with one attached hydrogen (secondary N) is 1. The second kappa shape index (κ2) is 5.17. The van der Waals surface area contributed by atoms with Gasteiger partial charge in [0.05, 0.1) is 11.3 Å². The minimum atomic E-state index is 0.0984. The molecule has 0 saturated heterocycles. The summed E-state index contributed by atoms with van der Waals surface area (Å²) in [5, 5.41) is 1.61. The minimum absolute atomic E-state index is 0.0984. The van der Waals surface area contributed by atoms with Gasteiger partial charge in [-0.3, -0.25) is 4.98 Å². The monoisotopic (exact) mass is 265 g/mol. The number of hydrogen-bond acceptors (Lipinski definition) is 4. The Morgan fingerprint density at radius 1 is 1.15 bits per heavy atom. The zero-order valence-electron chi connectivity index (χ0n) is 11.2. The average molecular weight is 265 g/mol. The van der Waals surface area contributed by atoms with Crippen LogP contribution in [0.1, 0.15) is 18.4 Å². The van der Waals surface area contributed by atoms with Crippen LogP contribution in [0.2, 0.25) is 0 Å². The first-order valence-corrected chi connectivity index (χ1v) is 6.46. The van der Waals surface area contributed by atoms with Crippen molar-refractivity contribution in [1.29, 1.82) is 0 Å². The summed E-state index contributed by atoms with van der Waals surface area (Å²) >= 11 is 0. The fraction of sp³-hybridized carbons (Fsp3) is 0.125. The van der Waals surface area contributed by atoms with E-state index >= 15 is 0 Å². The molecule has 2 heterocycles. The van der Waals surface area contributed by atoms with Gasteiger partial charge in [0.25, 0.3) is 0 Å². The molecule has 0 fully saturated rings. The lowest BCUT2D eigenvalue weighted by molar-refractivity contribution is 0.244. The van der Waals surface area contributed by atoms with Crippen LogP contribution in [0.3, 0.4) is 0 Å². The smallest absolute Gasteiger partial charge is 0.231 e. The number of aliphatic imine (C=N–C) groups is 1. The van der Waals surface area contributed by atoms with Crippen molar-refractivity contribution in [3.63, 3.8) is 0 Å². The molecule has 4 heteroatoms. The molecule has 3 rings (SSSR count). The van der Waals surface area contributed by atoms with Gasteiger partial charge < -0.3 is 4.84 Å². The topological polar surface area (TPSA) is 46.5 Å². The van der Waals surface area contributed by atoms with E-state index in [2.05, 4.69) is 41.1 Å². The molecule has 1 aromatic carbocycles. The highest BCUT2D eigenvalue weighted by Crippen LogP contribution is 2.20.